The van der Waals surface area contributed by atoms with Crippen molar-refractivity contribution in [2.75, 3.05) is 29.4 Å². The van der Waals surface area contributed by atoms with E-state index in [1.54, 1.807) is 23.1 Å². The number of amides is 1. The van der Waals surface area contributed by atoms with E-state index in [0.29, 0.717) is 22.3 Å². The fraction of sp³-hybridized carbons (Fsp3) is 0.190. The normalized spacial score (nSPS) is 13.2. The van der Waals surface area contributed by atoms with E-state index in [1.807, 2.05) is 24.3 Å². The van der Waals surface area contributed by atoms with Crippen molar-refractivity contribution in [1.29, 1.82) is 0 Å². The summed E-state index contributed by atoms with van der Waals surface area (Å²) in [6.45, 7) is 4.26. The van der Waals surface area contributed by atoms with Gasteiger partial charge in [-0.2, -0.15) is 0 Å². The molecular weight excluding hydrogens is 411 g/mol. The summed E-state index contributed by atoms with van der Waals surface area (Å²) in [6.07, 6.45) is 2.78. The highest BCUT2D eigenvalue weighted by molar-refractivity contribution is 6.34. The van der Waals surface area contributed by atoms with Crippen LogP contribution in [0.2, 0.25) is 10.0 Å². The lowest BCUT2D eigenvalue weighted by Gasteiger charge is -2.37. The number of likely N-dealkylation sites (N-methyl/N-ethyl adjacent to an activating group) is 1. The molecule has 29 heavy (non-hydrogen) atoms. The Morgan fingerprint density at radius 1 is 1.14 bits per heavy atom. The van der Waals surface area contributed by atoms with Crippen LogP contribution >= 0.6 is 23.2 Å². The zero-order chi connectivity index (χ0) is 20.4. The Morgan fingerprint density at radius 3 is 2.72 bits per heavy atom. The molecule has 0 aliphatic carbocycles. The minimum atomic E-state index is -0.234. The SMILES string of the molecule is CCN1CCN(C(=O)c2cncnc2Oc2cc(Cl)ccc2Cl)c2ccccc21. The predicted octanol–water partition coefficient (Wildman–Crippen LogP) is 5.06. The van der Waals surface area contributed by atoms with Gasteiger partial charge in [0.1, 0.15) is 17.6 Å². The maximum absolute atomic E-state index is 13.4. The predicted molar refractivity (Wildman–Crippen MR) is 115 cm³/mol. The lowest BCUT2D eigenvalue weighted by molar-refractivity contribution is 0.0983. The maximum Gasteiger partial charge on any atom is 0.265 e. The molecule has 0 bridgehead atoms. The summed E-state index contributed by atoms with van der Waals surface area (Å²) in [5.41, 5.74) is 2.12. The summed E-state index contributed by atoms with van der Waals surface area (Å²) >= 11 is 12.2. The number of hydrogen-bond acceptors (Lipinski definition) is 5. The van der Waals surface area contributed by atoms with Gasteiger partial charge < -0.3 is 14.5 Å². The van der Waals surface area contributed by atoms with Gasteiger partial charge in [0.2, 0.25) is 5.88 Å². The number of carbonyl (C=O) groups excluding carboxylic acids is 1. The molecule has 0 fully saturated rings. The average molecular weight is 429 g/mol. The number of anilines is 2. The summed E-state index contributed by atoms with van der Waals surface area (Å²) in [4.78, 5) is 25.6. The van der Waals surface area contributed by atoms with Crippen molar-refractivity contribution >= 4 is 40.5 Å². The summed E-state index contributed by atoms with van der Waals surface area (Å²) in [6, 6.07) is 12.7. The molecule has 4 rings (SSSR count). The Bertz CT molecular complexity index is 1060. The van der Waals surface area contributed by atoms with Crippen molar-refractivity contribution < 1.29 is 9.53 Å². The number of halogens is 2. The molecule has 8 heteroatoms. The highest BCUT2D eigenvalue weighted by Crippen LogP contribution is 2.36. The Kier molecular flexibility index (Phi) is 5.56. The van der Waals surface area contributed by atoms with Gasteiger partial charge in [-0.3, -0.25) is 4.79 Å². The molecule has 0 saturated carbocycles. The smallest absolute Gasteiger partial charge is 0.265 e. The third kappa shape index (κ3) is 3.86. The van der Waals surface area contributed by atoms with Crippen molar-refractivity contribution in [3.8, 4) is 11.6 Å². The number of carbonyl (C=O) groups is 1. The molecule has 0 unspecified atom stereocenters. The largest absolute Gasteiger partial charge is 0.436 e. The summed E-state index contributed by atoms with van der Waals surface area (Å²) in [5, 5.41) is 0.837. The number of nitrogens with zero attached hydrogens (tertiary/aromatic N) is 4. The van der Waals surface area contributed by atoms with Crippen molar-refractivity contribution in [2.45, 2.75) is 6.92 Å². The zero-order valence-corrected chi connectivity index (χ0v) is 17.2. The van der Waals surface area contributed by atoms with Crippen LogP contribution in [-0.4, -0.2) is 35.5 Å². The van der Waals surface area contributed by atoms with Crippen LogP contribution in [0.1, 0.15) is 17.3 Å². The summed E-state index contributed by atoms with van der Waals surface area (Å²) in [7, 11) is 0. The number of para-hydroxylation sites is 2. The minimum absolute atomic E-state index is 0.129. The van der Waals surface area contributed by atoms with Gasteiger partial charge in [0.25, 0.3) is 5.91 Å². The quantitative estimate of drug-likeness (QED) is 0.580. The van der Waals surface area contributed by atoms with Crippen LogP contribution in [0.3, 0.4) is 0 Å². The number of rotatable bonds is 4. The highest BCUT2D eigenvalue weighted by Gasteiger charge is 2.29. The minimum Gasteiger partial charge on any atom is -0.436 e. The van der Waals surface area contributed by atoms with E-state index in [4.69, 9.17) is 27.9 Å². The summed E-state index contributed by atoms with van der Waals surface area (Å²) in [5.74, 6) is 0.217. The van der Waals surface area contributed by atoms with Crippen molar-refractivity contribution in [3.63, 3.8) is 0 Å². The van der Waals surface area contributed by atoms with Gasteiger partial charge in [0.15, 0.2) is 0 Å². The molecule has 0 radical (unpaired) electrons. The number of benzene rings is 2. The second-order valence-electron chi connectivity index (χ2n) is 6.44. The molecule has 2 heterocycles. The van der Waals surface area contributed by atoms with Crippen molar-refractivity contribution in [2.24, 2.45) is 0 Å². The first-order valence-electron chi connectivity index (χ1n) is 9.17. The number of fused-ring (bicyclic) bond motifs is 1. The lowest BCUT2D eigenvalue weighted by atomic mass is 10.1. The molecule has 1 amide bonds. The van der Waals surface area contributed by atoms with Crippen LogP contribution in [0, 0.1) is 0 Å². The molecule has 0 atom stereocenters. The molecule has 3 aromatic rings. The van der Waals surface area contributed by atoms with Gasteiger partial charge in [0, 0.05) is 36.9 Å². The molecule has 2 aromatic carbocycles. The Balaban J connectivity index is 1.69. The van der Waals surface area contributed by atoms with E-state index in [-0.39, 0.29) is 17.4 Å². The zero-order valence-electron chi connectivity index (χ0n) is 15.7. The van der Waals surface area contributed by atoms with Crippen LogP contribution in [0.4, 0.5) is 11.4 Å². The topological polar surface area (TPSA) is 58.6 Å². The number of aromatic nitrogens is 2. The number of ether oxygens (including phenoxy) is 1. The second-order valence-corrected chi connectivity index (χ2v) is 7.29. The molecule has 1 aliphatic rings. The third-order valence-corrected chi connectivity index (χ3v) is 5.29. The average Bonchev–Trinajstić information content (AvgIpc) is 2.75. The van der Waals surface area contributed by atoms with E-state index in [2.05, 4.69) is 21.8 Å². The lowest BCUT2D eigenvalue weighted by Crippen LogP contribution is -2.44. The van der Waals surface area contributed by atoms with Gasteiger partial charge in [-0.05, 0) is 31.2 Å². The first-order chi connectivity index (χ1) is 14.1. The standard InChI is InChI=1S/C21H18Cl2N4O2/c1-2-26-9-10-27(18-6-4-3-5-17(18)26)21(28)15-12-24-13-25-20(15)29-19-11-14(22)7-8-16(19)23/h3-8,11-13H,2,9-10H2,1H3. The van der Waals surface area contributed by atoms with Crippen LogP contribution in [-0.2, 0) is 0 Å². The molecule has 1 aliphatic heterocycles. The van der Waals surface area contributed by atoms with Crippen LogP contribution in [0.25, 0.3) is 0 Å². The highest BCUT2D eigenvalue weighted by atomic mass is 35.5. The van der Waals surface area contributed by atoms with E-state index in [9.17, 15) is 4.79 Å². The molecule has 0 N–H and O–H groups in total. The molecule has 1 aromatic heterocycles. The van der Waals surface area contributed by atoms with Gasteiger partial charge in [0.05, 0.1) is 16.4 Å². The van der Waals surface area contributed by atoms with Crippen LogP contribution in [0.15, 0.2) is 55.0 Å². The van der Waals surface area contributed by atoms with Gasteiger partial charge >= 0.3 is 0 Å². The van der Waals surface area contributed by atoms with E-state index < -0.39 is 0 Å². The van der Waals surface area contributed by atoms with Gasteiger partial charge in [-0.25, -0.2) is 9.97 Å². The first-order valence-corrected chi connectivity index (χ1v) is 9.93. The van der Waals surface area contributed by atoms with Crippen LogP contribution < -0.4 is 14.5 Å². The fourth-order valence-electron chi connectivity index (χ4n) is 3.31. The molecule has 6 nitrogen and oxygen atoms in total. The van der Waals surface area contributed by atoms with Crippen LogP contribution in [0.5, 0.6) is 11.6 Å². The molecule has 0 spiro atoms. The Morgan fingerprint density at radius 2 is 1.93 bits per heavy atom. The Hall–Kier alpha value is -2.83. The van der Waals surface area contributed by atoms with Crippen molar-refractivity contribution in [3.05, 3.63) is 70.6 Å². The molecule has 0 saturated heterocycles. The number of hydrogen-bond donors (Lipinski definition) is 0. The fourth-order valence-corrected chi connectivity index (χ4v) is 3.63. The van der Waals surface area contributed by atoms with E-state index >= 15 is 0 Å². The van der Waals surface area contributed by atoms with Gasteiger partial charge in [-0.1, -0.05) is 35.3 Å². The maximum atomic E-state index is 13.4. The molecular formula is C21H18Cl2N4O2. The summed E-state index contributed by atoms with van der Waals surface area (Å²) < 4.78 is 5.84. The molecule has 148 valence electrons. The van der Waals surface area contributed by atoms with Gasteiger partial charge in [-0.15, -0.1) is 0 Å². The third-order valence-electron chi connectivity index (χ3n) is 4.74. The second kappa shape index (κ2) is 8.27. The Labute approximate surface area is 178 Å². The van der Waals surface area contributed by atoms with E-state index in [1.165, 1.54) is 12.5 Å². The monoisotopic (exact) mass is 428 g/mol. The van der Waals surface area contributed by atoms with E-state index in [0.717, 1.165) is 24.5 Å². The first kappa shape index (κ1) is 19.5. The van der Waals surface area contributed by atoms with Crippen molar-refractivity contribution in [1.82, 2.24) is 9.97 Å².